The number of hydrogen-bond acceptors (Lipinski definition) is 4. The fourth-order valence-electron chi connectivity index (χ4n) is 4.00. The topological polar surface area (TPSA) is 48.6 Å². The zero-order chi connectivity index (χ0) is 17.8. The second kappa shape index (κ2) is 8.55. The first kappa shape index (κ1) is 18.0. The summed E-state index contributed by atoms with van der Waals surface area (Å²) in [6.07, 6.45) is 6.32. The number of fused-ring (bicyclic) bond motifs is 1. The van der Waals surface area contributed by atoms with Gasteiger partial charge in [-0.3, -0.25) is 9.36 Å². The van der Waals surface area contributed by atoms with Crippen LogP contribution in [0.25, 0.3) is 10.9 Å². The molecule has 0 radical (unpaired) electrons. The number of nitrogens with one attached hydrogen (secondary N) is 1. The summed E-state index contributed by atoms with van der Waals surface area (Å²) in [4.78, 5) is 19.6. The third-order valence-electron chi connectivity index (χ3n) is 5.48. The van der Waals surface area contributed by atoms with Crippen molar-refractivity contribution in [3.8, 4) is 0 Å². The highest BCUT2D eigenvalue weighted by Crippen LogP contribution is 2.20. The first-order valence-corrected chi connectivity index (χ1v) is 10.9. The van der Waals surface area contributed by atoms with Gasteiger partial charge in [0.2, 0.25) is 0 Å². The Morgan fingerprint density at radius 1 is 1.19 bits per heavy atom. The van der Waals surface area contributed by atoms with Gasteiger partial charge in [-0.15, -0.1) is 0 Å². The van der Waals surface area contributed by atoms with Gasteiger partial charge in [0.1, 0.15) is 0 Å². The molecule has 3 heterocycles. The van der Waals surface area contributed by atoms with E-state index in [-0.39, 0.29) is 11.7 Å². The van der Waals surface area contributed by atoms with E-state index in [1.54, 1.807) is 16.7 Å². The number of rotatable bonds is 6. The smallest absolute Gasteiger partial charge is 0.262 e. The zero-order valence-electron chi connectivity index (χ0n) is 15.3. The molecule has 4 rings (SSSR count). The van der Waals surface area contributed by atoms with E-state index < -0.39 is 0 Å². The van der Waals surface area contributed by atoms with Crippen molar-refractivity contribution in [2.45, 2.75) is 49.9 Å². The molecule has 2 fully saturated rings. The maximum atomic E-state index is 13.1. The molecule has 2 aliphatic heterocycles. The number of hydrogen-bond donors (Lipinski definition) is 1. The highest BCUT2D eigenvalue weighted by atomic mass is 32.2. The third kappa shape index (κ3) is 4.13. The van der Waals surface area contributed by atoms with Crippen LogP contribution >= 0.6 is 11.8 Å². The lowest BCUT2D eigenvalue weighted by Crippen LogP contribution is -3.13. The first-order chi connectivity index (χ1) is 12.8. The maximum absolute atomic E-state index is 13.1. The van der Waals surface area contributed by atoms with E-state index in [2.05, 4.69) is 0 Å². The molecule has 0 unspecified atom stereocenters. The SMILES string of the molecule is O=c1c2ccccc2nc(SCC[NH+]2CCCCC2)n1C[C@H]1CCCO1. The minimum atomic E-state index is 0.0684. The van der Waals surface area contributed by atoms with Gasteiger partial charge in [-0.25, -0.2) is 4.98 Å². The van der Waals surface area contributed by atoms with E-state index in [0.717, 1.165) is 42.4 Å². The van der Waals surface area contributed by atoms with E-state index in [4.69, 9.17) is 9.72 Å². The lowest BCUT2D eigenvalue weighted by molar-refractivity contribution is -0.902. The van der Waals surface area contributed by atoms with Crippen LogP contribution in [-0.4, -0.2) is 47.6 Å². The Labute approximate surface area is 158 Å². The molecule has 1 atom stereocenters. The largest absolute Gasteiger partial charge is 0.376 e. The van der Waals surface area contributed by atoms with Gasteiger partial charge in [0.05, 0.1) is 48.9 Å². The van der Waals surface area contributed by atoms with Crippen molar-refractivity contribution in [2.75, 3.05) is 32.0 Å². The van der Waals surface area contributed by atoms with Crippen LogP contribution < -0.4 is 10.5 Å². The van der Waals surface area contributed by atoms with Crippen LogP contribution in [0.3, 0.4) is 0 Å². The maximum Gasteiger partial charge on any atom is 0.262 e. The summed E-state index contributed by atoms with van der Waals surface area (Å²) in [5, 5.41) is 1.55. The zero-order valence-corrected chi connectivity index (χ0v) is 16.1. The molecule has 26 heavy (non-hydrogen) atoms. The van der Waals surface area contributed by atoms with Gasteiger partial charge >= 0.3 is 0 Å². The van der Waals surface area contributed by atoms with Gasteiger partial charge < -0.3 is 9.64 Å². The number of piperidine rings is 1. The average molecular weight is 375 g/mol. The highest BCUT2D eigenvalue weighted by molar-refractivity contribution is 7.99. The fraction of sp³-hybridized carbons (Fsp3) is 0.600. The van der Waals surface area contributed by atoms with Gasteiger partial charge in [0.25, 0.3) is 5.56 Å². The van der Waals surface area contributed by atoms with Crippen molar-refractivity contribution in [3.63, 3.8) is 0 Å². The summed E-state index contributed by atoms with van der Waals surface area (Å²) in [5.74, 6) is 1.01. The summed E-state index contributed by atoms with van der Waals surface area (Å²) in [7, 11) is 0. The van der Waals surface area contributed by atoms with Crippen LogP contribution in [0.2, 0.25) is 0 Å². The minimum Gasteiger partial charge on any atom is -0.376 e. The van der Waals surface area contributed by atoms with Crippen LogP contribution in [0.4, 0.5) is 0 Å². The van der Waals surface area contributed by atoms with Crippen molar-refractivity contribution in [1.29, 1.82) is 0 Å². The van der Waals surface area contributed by atoms with Gasteiger partial charge in [-0.1, -0.05) is 23.9 Å². The van der Waals surface area contributed by atoms with Gasteiger partial charge in [-0.2, -0.15) is 0 Å². The molecule has 5 nitrogen and oxygen atoms in total. The Kier molecular flexibility index (Phi) is 5.92. The van der Waals surface area contributed by atoms with E-state index >= 15 is 0 Å². The molecule has 0 aliphatic carbocycles. The van der Waals surface area contributed by atoms with Crippen molar-refractivity contribution in [2.24, 2.45) is 0 Å². The molecular formula is C20H28N3O2S+. The Morgan fingerprint density at radius 2 is 2.04 bits per heavy atom. The van der Waals surface area contributed by atoms with E-state index in [0.29, 0.717) is 11.9 Å². The van der Waals surface area contributed by atoms with Gasteiger partial charge in [-0.05, 0) is 44.2 Å². The summed E-state index contributed by atoms with van der Waals surface area (Å²) in [6, 6.07) is 7.68. The fourth-order valence-corrected chi connectivity index (χ4v) is 5.05. The molecule has 0 saturated carbocycles. The normalized spacial score (nSPS) is 21.5. The van der Waals surface area contributed by atoms with Crippen LogP contribution in [0, 0.1) is 0 Å². The molecular weight excluding hydrogens is 346 g/mol. The molecule has 6 heteroatoms. The first-order valence-electron chi connectivity index (χ1n) is 9.89. The van der Waals surface area contributed by atoms with Gasteiger partial charge in [0.15, 0.2) is 5.16 Å². The minimum absolute atomic E-state index is 0.0684. The number of ether oxygens (including phenoxy) is 1. The number of thioether (sulfide) groups is 1. The monoisotopic (exact) mass is 374 g/mol. The number of aromatic nitrogens is 2. The van der Waals surface area contributed by atoms with E-state index in [1.807, 2.05) is 28.8 Å². The third-order valence-corrected chi connectivity index (χ3v) is 6.46. The molecule has 1 aromatic heterocycles. The Hall–Kier alpha value is -1.37. The van der Waals surface area contributed by atoms with Crippen LogP contribution in [0.1, 0.15) is 32.1 Å². The van der Waals surface area contributed by atoms with Crippen LogP contribution in [0.15, 0.2) is 34.2 Å². The summed E-state index contributed by atoms with van der Waals surface area (Å²) in [5.41, 5.74) is 0.868. The number of nitrogens with zero attached hydrogens (tertiary/aromatic N) is 2. The van der Waals surface area contributed by atoms with Crippen LogP contribution in [0.5, 0.6) is 0 Å². The molecule has 2 aliphatic rings. The number of benzene rings is 1. The molecule has 0 spiro atoms. The van der Waals surface area contributed by atoms with Gasteiger partial charge in [0, 0.05) is 6.61 Å². The predicted molar refractivity (Wildman–Crippen MR) is 105 cm³/mol. The van der Waals surface area contributed by atoms with Crippen molar-refractivity contribution in [1.82, 2.24) is 9.55 Å². The summed E-state index contributed by atoms with van der Waals surface area (Å²) in [6.45, 7) is 5.15. The second-order valence-corrected chi connectivity index (χ2v) is 8.43. The molecule has 1 N–H and O–H groups in total. The van der Waals surface area contributed by atoms with Crippen molar-refractivity contribution < 1.29 is 9.64 Å². The lowest BCUT2D eigenvalue weighted by atomic mass is 10.1. The molecule has 2 aromatic rings. The predicted octanol–water partition coefficient (Wildman–Crippen LogP) is 1.74. The van der Waals surface area contributed by atoms with E-state index in [9.17, 15) is 4.79 Å². The van der Waals surface area contributed by atoms with Crippen LogP contribution in [-0.2, 0) is 11.3 Å². The molecule has 1 aromatic carbocycles. The number of likely N-dealkylation sites (tertiary alicyclic amines) is 1. The molecule has 0 amide bonds. The molecule has 0 bridgehead atoms. The van der Waals surface area contributed by atoms with Crippen molar-refractivity contribution in [3.05, 3.63) is 34.6 Å². The Balaban J connectivity index is 1.55. The Bertz CT molecular complexity index is 795. The second-order valence-electron chi connectivity index (χ2n) is 7.37. The van der Waals surface area contributed by atoms with E-state index in [1.165, 1.54) is 32.4 Å². The summed E-state index contributed by atoms with van der Waals surface area (Å²) >= 11 is 1.73. The standard InChI is InChI=1S/C20H27N3O2S/c24-19-17-8-2-3-9-18(17)21-20(23(19)15-16-7-6-13-25-16)26-14-12-22-10-4-1-5-11-22/h2-3,8-9,16H,1,4-7,10-15H2/p+1/t16-/m1/s1. The summed E-state index contributed by atoms with van der Waals surface area (Å²) < 4.78 is 7.63. The highest BCUT2D eigenvalue weighted by Gasteiger charge is 2.21. The average Bonchev–Trinajstić information content (AvgIpc) is 3.19. The number of quaternary nitrogens is 1. The lowest BCUT2D eigenvalue weighted by Gasteiger charge is -2.23. The Morgan fingerprint density at radius 3 is 2.85 bits per heavy atom. The quantitative estimate of drug-likeness (QED) is 0.618. The van der Waals surface area contributed by atoms with Crippen molar-refractivity contribution >= 4 is 22.7 Å². The number of para-hydroxylation sites is 1. The molecule has 140 valence electrons. The molecule has 2 saturated heterocycles.